The molecule has 0 saturated heterocycles. The first-order valence-electron chi connectivity index (χ1n) is 25.9. The molecule has 0 spiro atoms. The molecular weight excluding hydrogens is 1160 g/mol. The van der Waals surface area contributed by atoms with Crippen molar-refractivity contribution in [3.05, 3.63) is 221 Å². The Balaban J connectivity index is 0.000000133. The number of halogens is 2. The van der Waals surface area contributed by atoms with Gasteiger partial charge < -0.3 is 0 Å². The molecule has 2 saturated carbocycles. The summed E-state index contributed by atoms with van der Waals surface area (Å²) in [6.07, 6.45) is 13.3. The summed E-state index contributed by atoms with van der Waals surface area (Å²) < 4.78 is 52.0. The molecule has 3 aromatic carbocycles. The lowest BCUT2D eigenvalue weighted by Crippen LogP contribution is -2.27. The topological polar surface area (TPSA) is 248 Å². The molecule has 0 unspecified atom stereocenters. The number of ketones is 6. The molecule has 5 heterocycles. The summed E-state index contributed by atoms with van der Waals surface area (Å²) in [4.78, 5) is 103. The van der Waals surface area contributed by atoms with Gasteiger partial charge in [-0.2, -0.15) is 0 Å². The maximum atomic E-state index is 13.1. The molecule has 16 nitrogen and oxygen atoms in total. The second-order valence-corrected chi connectivity index (χ2v) is 26.5. The molecule has 5 aliphatic carbocycles. The van der Waals surface area contributed by atoms with Crippen molar-refractivity contribution in [3.8, 4) is 0 Å². The van der Waals surface area contributed by atoms with E-state index in [1.807, 2.05) is 0 Å². The highest BCUT2D eigenvalue weighted by atomic mass is 35.5. The fourth-order valence-electron chi connectivity index (χ4n) is 10.2. The Kier molecular flexibility index (Phi) is 15.9. The Labute approximate surface area is 488 Å². The average Bonchev–Trinajstić information content (AvgIpc) is 4.45. The molecular formula is C60H44Cl2N6O10S4. The molecule has 13 rings (SSSR count). The second kappa shape index (κ2) is 23.3. The third-order valence-electron chi connectivity index (χ3n) is 14.3. The van der Waals surface area contributed by atoms with Gasteiger partial charge in [0.05, 0.1) is 57.4 Å². The lowest BCUT2D eigenvalue weighted by molar-refractivity contribution is 0.0971. The first-order valence-corrected chi connectivity index (χ1v) is 32.0. The van der Waals surface area contributed by atoms with Crippen LogP contribution in [0.25, 0.3) is 12.2 Å². The van der Waals surface area contributed by atoms with E-state index in [0.29, 0.717) is 33.6 Å². The number of fused-ring (bicyclic) bond motifs is 6. The van der Waals surface area contributed by atoms with Crippen molar-refractivity contribution in [1.82, 2.24) is 29.9 Å². The van der Waals surface area contributed by atoms with E-state index >= 15 is 0 Å². The molecule has 82 heavy (non-hydrogen) atoms. The van der Waals surface area contributed by atoms with Crippen LogP contribution in [0.1, 0.15) is 182 Å². The SMILES string of the molecule is O=C1c2ccccc2C(=O)c2nc(C=C3CCCC3)c(C=C3CCCC3)nc21.O=C1c2ccccc2C(=O)c2nc(CCl)c(CCl)nc21.O=C1c2ccccc2C(=O)c2nc(CS(=O)(=O)c3cccs3)c(CS(=O)(=O)c3cccs3)nc21. The zero-order chi connectivity index (χ0) is 57.5. The van der Waals surface area contributed by atoms with Crippen molar-refractivity contribution in [2.24, 2.45) is 0 Å². The van der Waals surface area contributed by atoms with E-state index in [-0.39, 0.29) is 100.0 Å². The van der Waals surface area contributed by atoms with Gasteiger partial charge in [0.15, 0.2) is 19.7 Å². The predicted molar refractivity (Wildman–Crippen MR) is 308 cm³/mol. The monoisotopic (exact) mass is 1210 g/mol. The zero-order valence-electron chi connectivity index (χ0n) is 43.2. The number of nitrogens with zero attached hydrogens (tertiary/aromatic N) is 6. The molecule has 5 aromatic heterocycles. The number of carbonyl (C=O) groups is 6. The smallest absolute Gasteiger partial charge is 0.214 e. The summed E-state index contributed by atoms with van der Waals surface area (Å²) >= 11 is 13.6. The summed E-state index contributed by atoms with van der Waals surface area (Å²) in [5.41, 5.74) is 6.46. The van der Waals surface area contributed by atoms with E-state index in [1.54, 1.807) is 83.6 Å². The van der Waals surface area contributed by atoms with Crippen LogP contribution in [-0.2, 0) is 42.9 Å². The number of hydrogen-bond donors (Lipinski definition) is 0. The van der Waals surface area contributed by atoms with Crippen LogP contribution >= 0.6 is 45.9 Å². The normalized spacial score (nSPS) is 15.0. The molecule has 0 N–H and O–H groups in total. The van der Waals surface area contributed by atoms with Crippen LogP contribution in [0.5, 0.6) is 0 Å². The lowest BCUT2D eigenvalue weighted by atomic mass is 9.89. The van der Waals surface area contributed by atoms with Gasteiger partial charge in [-0.15, -0.1) is 45.9 Å². The minimum absolute atomic E-state index is 0.0539. The van der Waals surface area contributed by atoms with Gasteiger partial charge in [-0.3, -0.25) is 28.8 Å². The van der Waals surface area contributed by atoms with Gasteiger partial charge in [-0.05, 0) is 86.4 Å². The van der Waals surface area contributed by atoms with Gasteiger partial charge in [-0.25, -0.2) is 46.7 Å². The number of thiophene rings is 2. The summed E-state index contributed by atoms with van der Waals surface area (Å²) in [5.74, 6) is -3.31. The Morgan fingerprint density at radius 1 is 0.378 bits per heavy atom. The maximum absolute atomic E-state index is 13.1. The van der Waals surface area contributed by atoms with E-state index in [0.717, 1.165) is 59.7 Å². The Hall–Kier alpha value is -7.72. The number of sulfone groups is 2. The van der Waals surface area contributed by atoms with E-state index in [2.05, 4.69) is 32.1 Å². The van der Waals surface area contributed by atoms with Crippen LogP contribution in [0.4, 0.5) is 0 Å². The number of aromatic nitrogens is 6. The molecule has 22 heteroatoms. The van der Waals surface area contributed by atoms with Gasteiger partial charge in [-0.1, -0.05) is 96.1 Å². The van der Waals surface area contributed by atoms with Crippen molar-refractivity contribution in [1.29, 1.82) is 0 Å². The van der Waals surface area contributed by atoms with Crippen LogP contribution in [0.15, 0.2) is 127 Å². The van der Waals surface area contributed by atoms with Crippen LogP contribution in [0.2, 0.25) is 0 Å². The van der Waals surface area contributed by atoms with Gasteiger partial charge in [0.1, 0.15) is 42.6 Å². The number of hydrogen-bond acceptors (Lipinski definition) is 18. The molecule has 5 aliphatic rings. The van der Waals surface area contributed by atoms with E-state index in [4.69, 9.17) is 33.2 Å². The zero-order valence-corrected chi connectivity index (χ0v) is 48.0. The first-order chi connectivity index (χ1) is 39.5. The summed E-state index contributed by atoms with van der Waals surface area (Å²) in [6.45, 7) is 0. The van der Waals surface area contributed by atoms with Gasteiger partial charge >= 0.3 is 0 Å². The molecule has 0 aliphatic heterocycles. The third-order valence-corrected chi connectivity index (χ3v) is 21.0. The van der Waals surface area contributed by atoms with Crippen molar-refractivity contribution in [2.45, 2.75) is 83.1 Å². The van der Waals surface area contributed by atoms with Crippen LogP contribution < -0.4 is 0 Å². The highest BCUT2D eigenvalue weighted by Crippen LogP contribution is 2.34. The minimum atomic E-state index is -3.89. The van der Waals surface area contributed by atoms with Crippen LogP contribution in [0.3, 0.4) is 0 Å². The number of allylic oxidation sites excluding steroid dienone is 2. The largest absolute Gasteiger partial charge is 0.287 e. The van der Waals surface area contributed by atoms with Gasteiger partial charge in [0, 0.05) is 33.4 Å². The molecule has 0 radical (unpaired) electrons. The standard InChI is InChI=1S/C24H22N2O2.C22H14N2O6S4.C14H8Cl2N2O2/c27-23-17-11-5-6-12-18(17)24(28)22-21(23)25-19(13-15-7-1-2-8-15)20(26-22)14-16-9-3-4-10-16;25-21-13-5-1-2-6-14(13)22(26)20-19(21)23-15(11-33(27,28)17-7-3-9-31-17)16(24-20)12-34(29,30)18-8-4-10-32-18;15-5-9-10(6-16)18-12-11(17-9)13(19)7-3-1-2-4-8(7)14(12)20/h5-6,11-14H,1-4,7-10H2;1-10H,11-12H2;1-4H,5-6H2. The van der Waals surface area contributed by atoms with E-state index in [9.17, 15) is 45.6 Å². The van der Waals surface area contributed by atoms with Crippen molar-refractivity contribution in [3.63, 3.8) is 0 Å². The minimum Gasteiger partial charge on any atom is -0.287 e. The Bertz CT molecular complexity index is 4030. The molecule has 0 amide bonds. The predicted octanol–water partition coefficient (Wildman–Crippen LogP) is 11.2. The summed E-state index contributed by atoms with van der Waals surface area (Å²) in [6, 6.07) is 25.8. The van der Waals surface area contributed by atoms with Crippen molar-refractivity contribution >= 4 is 112 Å². The van der Waals surface area contributed by atoms with Crippen LogP contribution in [-0.4, -0.2) is 81.4 Å². The molecule has 2 fully saturated rings. The quantitative estimate of drug-likeness (QED) is 0.115. The number of benzene rings is 3. The highest BCUT2D eigenvalue weighted by Gasteiger charge is 2.37. The highest BCUT2D eigenvalue weighted by molar-refractivity contribution is 7.93. The van der Waals surface area contributed by atoms with E-state index in [1.165, 1.54) is 61.1 Å². The summed E-state index contributed by atoms with van der Waals surface area (Å²) in [5, 5.41) is 3.21. The summed E-state index contributed by atoms with van der Waals surface area (Å²) in [7, 11) is -7.78. The Morgan fingerprint density at radius 3 is 0.902 bits per heavy atom. The van der Waals surface area contributed by atoms with Crippen LogP contribution in [0, 0.1) is 0 Å². The molecule has 8 aromatic rings. The van der Waals surface area contributed by atoms with Gasteiger partial charge in [0.2, 0.25) is 34.7 Å². The Morgan fingerprint density at radius 2 is 0.646 bits per heavy atom. The number of alkyl halides is 2. The van der Waals surface area contributed by atoms with Crippen molar-refractivity contribution < 1.29 is 45.6 Å². The average molecular weight is 1210 g/mol. The fourth-order valence-corrected chi connectivity index (χ4v) is 15.4. The molecule has 0 bridgehead atoms. The second-order valence-electron chi connectivity index (χ2n) is 19.6. The third kappa shape index (κ3) is 10.9. The molecule has 0 atom stereocenters. The maximum Gasteiger partial charge on any atom is 0.214 e. The van der Waals surface area contributed by atoms with E-state index < -0.39 is 42.7 Å². The molecule has 412 valence electrons. The lowest BCUT2D eigenvalue weighted by Gasteiger charge is -2.18. The number of carbonyl (C=O) groups excluding carboxylic acids is 6. The van der Waals surface area contributed by atoms with Crippen molar-refractivity contribution in [2.75, 3.05) is 0 Å². The fraction of sp³-hybridized carbons (Fsp3) is 0.200. The van der Waals surface area contributed by atoms with Gasteiger partial charge in [0.25, 0.3) is 0 Å². The number of rotatable bonds is 10. The first kappa shape index (κ1) is 56.2.